The fourth-order valence-electron chi connectivity index (χ4n) is 3.54. The third kappa shape index (κ3) is 6.47. The van der Waals surface area contributed by atoms with Crippen molar-refractivity contribution in [2.75, 3.05) is 32.1 Å². The van der Waals surface area contributed by atoms with Gasteiger partial charge in [-0.1, -0.05) is 37.6 Å². The smallest absolute Gasteiger partial charge is 0.317 e. The van der Waals surface area contributed by atoms with Crippen molar-refractivity contribution in [2.45, 2.75) is 32.5 Å². The van der Waals surface area contributed by atoms with Crippen LogP contribution in [-0.4, -0.2) is 58.4 Å². The van der Waals surface area contributed by atoms with E-state index in [1.807, 2.05) is 29.6 Å². The number of aliphatic carboxylic acids is 1. The molecule has 8 nitrogen and oxygen atoms in total. The SMILES string of the molecule is CCCCN(Cc1ccc(C(O)N(C)CC(=O)O)cc1)c1nc(-c2cc(OC)ccc2O)cs1. The number of thiazole rings is 1. The number of phenolic OH excluding ortho intramolecular Hbond substituents is 1. The van der Waals surface area contributed by atoms with Crippen LogP contribution in [0.2, 0.25) is 0 Å². The molecule has 3 aromatic rings. The molecule has 0 amide bonds. The van der Waals surface area contributed by atoms with E-state index in [1.54, 1.807) is 32.4 Å². The number of hydrogen-bond donors (Lipinski definition) is 3. The van der Waals surface area contributed by atoms with Crippen LogP contribution in [0.1, 0.15) is 37.1 Å². The lowest BCUT2D eigenvalue weighted by Crippen LogP contribution is -2.30. The minimum Gasteiger partial charge on any atom is -0.507 e. The van der Waals surface area contributed by atoms with Gasteiger partial charge in [-0.15, -0.1) is 11.3 Å². The first kappa shape index (κ1) is 25.5. The number of aliphatic hydroxyl groups is 1. The second kappa shape index (κ2) is 11.8. The Kier molecular flexibility index (Phi) is 8.86. The number of anilines is 1. The highest BCUT2D eigenvalue weighted by molar-refractivity contribution is 7.14. The molecule has 0 spiro atoms. The fraction of sp³-hybridized carbons (Fsp3) is 0.360. The zero-order chi connectivity index (χ0) is 24.7. The molecular formula is C25H31N3O5S. The first-order valence-electron chi connectivity index (χ1n) is 11.1. The van der Waals surface area contributed by atoms with Crippen LogP contribution in [0.3, 0.4) is 0 Å². The molecule has 0 aliphatic rings. The third-order valence-corrected chi connectivity index (χ3v) is 6.38. The Hall–Kier alpha value is -3.14. The summed E-state index contributed by atoms with van der Waals surface area (Å²) < 4.78 is 5.28. The summed E-state index contributed by atoms with van der Waals surface area (Å²) in [4.78, 5) is 19.3. The van der Waals surface area contributed by atoms with Crippen LogP contribution in [0.15, 0.2) is 47.8 Å². The average Bonchev–Trinajstić information content (AvgIpc) is 3.31. The maximum Gasteiger partial charge on any atom is 0.317 e. The molecule has 0 bridgehead atoms. The number of nitrogens with zero attached hydrogens (tertiary/aromatic N) is 3. The number of methoxy groups -OCH3 is 1. The quantitative estimate of drug-likeness (QED) is 0.325. The minimum atomic E-state index is -0.991. The van der Waals surface area contributed by atoms with Crippen molar-refractivity contribution < 1.29 is 24.9 Å². The van der Waals surface area contributed by atoms with Gasteiger partial charge in [-0.2, -0.15) is 0 Å². The number of unbranched alkanes of at least 4 members (excludes halogenated alkanes) is 1. The van der Waals surface area contributed by atoms with Crippen LogP contribution in [0.5, 0.6) is 11.5 Å². The van der Waals surface area contributed by atoms with E-state index >= 15 is 0 Å². The molecule has 34 heavy (non-hydrogen) atoms. The topological polar surface area (TPSA) is 106 Å². The fourth-order valence-corrected chi connectivity index (χ4v) is 4.39. The molecule has 1 atom stereocenters. The van der Waals surface area contributed by atoms with E-state index < -0.39 is 12.2 Å². The van der Waals surface area contributed by atoms with E-state index in [4.69, 9.17) is 14.8 Å². The van der Waals surface area contributed by atoms with E-state index in [1.165, 1.54) is 16.2 Å². The molecule has 0 aliphatic heterocycles. The maximum absolute atomic E-state index is 10.9. The number of aromatic nitrogens is 1. The molecule has 0 saturated carbocycles. The first-order chi connectivity index (χ1) is 16.3. The van der Waals surface area contributed by atoms with Gasteiger partial charge in [0.05, 0.1) is 19.3 Å². The van der Waals surface area contributed by atoms with Crippen molar-refractivity contribution in [2.24, 2.45) is 0 Å². The zero-order valence-electron chi connectivity index (χ0n) is 19.6. The Labute approximate surface area is 203 Å². The van der Waals surface area contributed by atoms with E-state index in [9.17, 15) is 15.0 Å². The molecule has 182 valence electrons. The number of carboxylic acids is 1. The molecule has 3 N–H and O–H groups in total. The molecule has 0 fully saturated rings. The van der Waals surface area contributed by atoms with E-state index in [2.05, 4.69) is 11.8 Å². The Morgan fingerprint density at radius 3 is 2.59 bits per heavy atom. The molecule has 1 heterocycles. The molecule has 1 aromatic heterocycles. The predicted molar refractivity (Wildman–Crippen MR) is 133 cm³/mol. The summed E-state index contributed by atoms with van der Waals surface area (Å²) in [6.07, 6.45) is 1.07. The van der Waals surface area contributed by atoms with Gasteiger partial charge in [0.1, 0.15) is 17.7 Å². The van der Waals surface area contributed by atoms with Gasteiger partial charge in [-0.25, -0.2) is 4.98 Å². The summed E-state index contributed by atoms with van der Waals surface area (Å²) in [5.41, 5.74) is 3.01. The lowest BCUT2D eigenvalue weighted by molar-refractivity contribution is -0.140. The molecular weight excluding hydrogens is 454 g/mol. The summed E-state index contributed by atoms with van der Waals surface area (Å²) in [5, 5.41) is 32.4. The Bertz CT molecular complexity index is 1090. The van der Waals surface area contributed by atoms with Crippen LogP contribution in [-0.2, 0) is 11.3 Å². The van der Waals surface area contributed by atoms with Crippen LogP contribution >= 0.6 is 11.3 Å². The standard InChI is InChI=1S/C25H31N3O5S/c1-4-5-12-28(14-17-6-8-18(9-7-17)24(32)27(2)15-23(30)31)25-26-21(16-34-25)20-13-19(33-3)10-11-22(20)29/h6-11,13,16,24,29,32H,4-5,12,14-15H2,1-3H3,(H,30,31). The van der Waals surface area contributed by atoms with Gasteiger partial charge >= 0.3 is 5.97 Å². The van der Waals surface area contributed by atoms with Crippen LogP contribution in [0, 0.1) is 0 Å². The minimum absolute atomic E-state index is 0.153. The number of likely N-dealkylation sites (N-methyl/N-ethyl adjacent to an activating group) is 1. The second-order valence-electron chi connectivity index (χ2n) is 8.10. The maximum atomic E-state index is 10.9. The number of aliphatic hydroxyl groups excluding tert-OH is 1. The summed E-state index contributed by atoms with van der Waals surface area (Å²) >= 11 is 1.52. The van der Waals surface area contributed by atoms with Crippen LogP contribution in [0.25, 0.3) is 11.3 Å². The van der Waals surface area contributed by atoms with E-state index in [0.29, 0.717) is 29.1 Å². The monoisotopic (exact) mass is 485 g/mol. The summed E-state index contributed by atoms with van der Waals surface area (Å²) in [6, 6.07) is 12.6. The second-order valence-corrected chi connectivity index (χ2v) is 8.93. The summed E-state index contributed by atoms with van der Waals surface area (Å²) in [6.45, 7) is 3.37. The highest BCUT2D eigenvalue weighted by atomic mass is 32.1. The number of benzene rings is 2. The molecule has 3 rings (SSSR count). The number of carboxylic acid groups (broad SMARTS) is 1. The van der Waals surface area contributed by atoms with Gasteiger partial charge < -0.3 is 25.0 Å². The largest absolute Gasteiger partial charge is 0.507 e. The normalized spacial score (nSPS) is 12.0. The van der Waals surface area contributed by atoms with Gasteiger partial charge in [0.25, 0.3) is 0 Å². The first-order valence-corrected chi connectivity index (χ1v) is 12.0. The van der Waals surface area contributed by atoms with Crippen molar-refractivity contribution >= 4 is 22.4 Å². The highest BCUT2D eigenvalue weighted by Gasteiger charge is 2.18. The van der Waals surface area contributed by atoms with Gasteiger partial charge in [-0.3, -0.25) is 9.69 Å². The predicted octanol–water partition coefficient (Wildman–Crippen LogP) is 4.34. The van der Waals surface area contributed by atoms with Crippen molar-refractivity contribution in [3.63, 3.8) is 0 Å². The Morgan fingerprint density at radius 1 is 1.21 bits per heavy atom. The molecule has 0 saturated heterocycles. The molecule has 0 aliphatic carbocycles. The molecule has 2 aromatic carbocycles. The van der Waals surface area contributed by atoms with Gasteiger partial charge in [0.2, 0.25) is 0 Å². The lowest BCUT2D eigenvalue weighted by atomic mass is 10.1. The van der Waals surface area contributed by atoms with Gasteiger partial charge in [0.15, 0.2) is 5.13 Å². The Morgan fingerprint density at radius 2 is 1.94 bits per heavy atom. The number of rotatable bonds is 12. The van der Waals surface area contributed by atoms with Crippen molar-refractivity contribution in [1.29, 1.82) is 0 Å². The van der Waals surface area contributed by atoms with Crippen LogP contribution < -0.4 is 9.64 Å². The number of aromatic hydroxyl groups is 1. The van der Waals surface area contributed by atoms with Crippen molar-refractivity contribution in [3.05, 3.63) is 59.0 Å². The summed E-state index contributed by atoms with van der Waals surface area (Å²) in [7, 11) is 3.16. The third-order valence-electron chi connectivity index (χ3n) is 5.48. The zero-order valence-corrected chi connectivity index (χ0v) is 20.5. The van der Waals surface area contributed by atoms with Crippen molar-refractivity contribution in [1.82, 2.24) is 9.88 Å². The number of hydrogen-bond acceptors (Lipinski definition) is 8. The van der Waals surface area contributed by atoms with Crippen LogP contribution in [0.4, 0.5) is 5.13 Å². The Balaban J connectivity index is 1.78. The average molecular weight is 486 g/mol. The van der Waals surface area contributed by atoms with E-state index in [0.717, 1.165) is 30.1 Å². The van der Waals surface area contributed by atoms with Crippen molar-refractivity contribution in [3.8, 4) is 22.8 Å². The summed E-state index contributed by atoms with van der Waals surface area (Å²) in [5.74, 6) is -0.184. The highest BCUT2D eigenvalue weighted by Crippen LogP contribution is 2.35. The lowest BCUT2D eigenvalue weighted by Gasteiger charge is -2.24. The number of phenols is 1. The number of ether oxygens (including phenoxy) is 1. The molecule has 1 unspecified atom stereocenters. The van der Waals surface area contributed by atoms with Gasteiger partial charge in [-0.05, 0) is 42.8 Å². The number of carbonyl (C=O) groups is 1. The molecule has 9 heteroatoms. The van der Waals surface area contributed by atoms with Gasteiger partial charge in [0, 0.05) is 24.0 Å². The molecule has 0 radical (unpaired) electrons. The van der Waals surface area contributed by atoms with E-state index in [-0.39, 0.29) is 12.3 Å².